The van der Waals surface area contributed by atoms with Crippen LogP contribution in [-0.4, -0.2) is 40.6 Å². The molecule has 1 fully saturated rings. The summed E-state index contributed by atoms with van der Waals surface area (Å²) in [5.41, 5.74) is 1.21. The fraction of sp³-hybridized carbons (Fsp3) is 0.250. The molecule has 0 saturated carbocycles. The highest BCUT2D eigenvalue weighted by molar-refractivity contribution is 8.00. The molecule has 3 aromatic carbocycles. The number of fused-ring (bicyclic) bond motifs is 1. The van der Waals surface area contributed by atoms with E-state index in [1.807, 2.05) is 48.3 Å². The minimum atomic E-state index is -0.225. The van der Waals surface area contributed by atoms with Crippen LogP contribution in [-0.2, 0) is 17.9 Å². The van der Waals surface area contributed by atoms with Crippen LogP contribution in [0.4, 0.5) is 4.39 Å². The zero-order chi connectivity index (χ0) is 23.5. The van der Waals surface area contributed by atoms with Gasteiger partial charge in [-0.05, 0) is 53.8 Å². The second-order valence-corrected chi connectivity index (χ2v) is 11.3. The van der Waals surface area contributed by atoms with E-state index in [1.165, 1.54) is 32.7 Å². The summed E-state index contributed by atoms with van der Waals surface area (Å²) in [5.74, 6) is -0.0620. The number of nitrogens with zero attached hydrogens (tertiary/aromatic N) is 2. The topological polar surface area (TPSA) is 23.6 Å². The second-order valence-electron chi connectivity index (χ2n) is 8.81. The molecular weight excluding hydrogens is 463 g/mol. The Morgan fingerprint density at radius 3 is 2.56 bits per heavy atom. The average Bonchev–Trinajstić information content (AvgIpc) is 3.43. The van der Waals surface area contributed by atoms with Crippen LogP contribution in [0, 0.1) is 5.82 Å². The molecule has 0 spiro atoms. The number of amides is 1. The van der Waals surface area contributed by atoms with E-state index < -0.39 is 0 Å². The zero-order valence-corrected chi connectivity index (χ0v) is 20.7. The van der Waals surface area contributed by atoms with Crippen LogP contribution in [0.2, 0.25) is 0 Å². The van der Waals surface area contributed by atoms with Gasteiger partial charge in [0.15, 0.2) is 0 Å². The van der Waals surface area contributed by atoms with Crippen molar-refractivity contribution in [2.45, 2.75) is 35.7 Å². The van der Waals surface area contributed by atoms with Crippen LogP contribution in [0.1, 0.15) is 16.9 Å². The van der Waals surface area contributed by atoms with Crippen molar-refractivity contribution in [1.29, 1.82) is 0 Å². The Bertz CT molecular complexity index is 1230. The molecule has 1 saturated heterocycles. The molecule has 2 atom stereocenters. The molecule has 0 aliphatic carbocycles. The van der Waals surface area contributed by atoms with Crippen molar-refractivity contribution in [2.24, 2.45) is 0 Å². The van der Waals surface area contributed by atoms with Crippen LogP contribution < -0.4 is 0 Å². The van der Waals surface area contributed by atoms with Gasteiger partial charge in [0.1, 0.15) is 5.82 Å². The Balaban J connectivity index is 1.31. The number of benzene rings is 3. The molecule has 2 heterocycles. The minimum absolute atomic E-state index is 0.163. The van der Waals surface area contributed by atoms with Gasteiger partial charge in [-0.15, -0.1) is 23.1 Å². The van der Waals surface area contributed by atoms with Gasteiger partial charge in [-0.1, -0.05) is 48.5 Å². The van der Waals surface area contributed by atoms with E-state index >= 15 is 0 Å². The number of likely N-dealkylation sites (tertiary alicyclic amines) is 1. The minimum Gasteiger partial charge on any atom is -0.339 e. The molecule has 4 aromatic rings. The summed E-state index contributed by atoms with van der Waals surface area (Å²) in [7, 11) is 1.91. The molecule has 174 valence electrons. The van der Waals surface area contributed by atoms with E-state index in [9.17, 15) is 9.18 Å². The Morgan fingerprint density at radius 2 is 1.79 bits per heavy atom. The van der Waals surface area contributed by atoms with Crippen LogP contribution in [0.5, 0.6) is 0 Å². The fourth-order valence-corrected chi connectivity index (χ4v) is 6.92. The lowest BCUT2D eigenvalue weighted by Crippen LogP contribution is -2.43. The van der Waals surface area contributed by atoms with Gasteiger partial charge in [-0.3, -0.25) is 9.69 Å². The summed E-state index contributed by atoms with van der Waals surface area (Å²) in [6.07, 6.45) is 0.782. The van der Waals surface area contributed by atoms with Gasteiger partial charge in [0.25, 0.3) is 0 Å². The number of likely N-dealkylation sites (N-methyl/N-ethyl adjacent to an activating group) is 1. The first-order valence-electron chi connectivity index (χ1n) is 11.5. The average molecular weight is 491 g/mol. The lowest BCUT2D eigenvalue weighted by molar-refractivity contribution is -0.135. The number of hydrogen-bond acceptors (Lipinski definition) is 4. The third-order valence-corrected chi connectivity index (χ3v) is 8.56. The largest absolute Gasteiger partial charge is 0.339 e. The van der Waals surface area contributed by atoms with Crippen molar-refractivity contribution in [1.82, 2.24) is 9.80 Å². The number of thioether (sulfide) groups is 1. The molecule has 3 nitrogen and oxygen atoms in total. The van der Waals surface area contributed by atoms with Crippen molar-refractivity contribution in [3.05, 3.63) is 101 Å². The third-order valence-electron chi connectivity index (χ3n) is 6.24. The Hall–Kier alpha value is -2.67. The highest BCUT2D eigenvalue weighted by atomic mass is 32.2. The molecule has 0 bridgehead atoms. The summed E-state index contributed by atoms with van der Waals surface area (Å²) >= 11 is 3.49. The molecule has 1 aliphatic rings. The normalized spacial score (nSPS) is 18.4. The summed E-state index contributed by atoms with van der Waals surface area (Å²) in [5, 5.41) is 1.51. The predicted octanol–water partition coefficient (Wildman–Crippen LogP) is 6.43. The lowest BCUT2D eigenvalue weighted by Gasteiger charge is -2.27. The molecular formula is C28H27FN2OS2. The summed E-state index contributed by atoms with van der Waals surface area (Å²) in [6, 6.07) is 27.3. The van der Waals surface area contributed by atoms with E-state index in [-0.39, 0.29) is 23.0 Å². The van der Waals surface area contributed by atoms with Gasteiger partial charge in [0.2, 0.25) is 5.91 Å². The molecule has 34 heavy (non-hydrogen) atoms. The van der Waals surface area contributed by atoms with E-state index in [0.29, 0.717) is 6.54 Å². The Kier molecular flexibility index (Phi) is 6.99. The van der Waals surface area contributed by atoms with Crippen LogP contribution in [0.25, 0.3) is 10.1 Å². The first-order chi connectivity index (χ1) is 16.5. The first kappa shape index (κ1) is 23.1. The highest BCUT2D eigenvalue weighted by Gasteiger charge is 2.38. The Morgan fingerprint density at radius 1 is 1.06 bits per heavy atom. The molecule has 6 heteroatoms. The quantitative estimate of drug-likeness (QED) is 0.298. The maximum absolute atomic E-state index is 13.6. The van der Waals surface area contributed by atoms with Crippen LogP contribution in [0.15, 0.2) is 89.8 Å². The predicted molar refractivity (Wildman–Crippen MR) is 140 cm³/mol. The monoisotopic (exact) mass is 490 g/mol. The maximum atomic E-state index is 13.6. The number of thiophene rings is 1. The van der Waals surface area contributed by atoms with Crippen LogP contribution >= 0.6 is 23.1 Å². The van der Waals surface area contributed by atoms with Crippen molar-refractivity contribution >= 4 is 39.1 Å². The number of hydrogen-bond donors (Lipinski definition) is 0. The molecule has 0 N–H and O–H groups in total. The summed E-state index contributed by atoms with van der Waals surface area (Å²) < 4.78 is 14.6. The van der Waals surface area contributed by atoms with Gasteiger partial charge in [0.05, 0.1) is 12.6 Å². The highest BCUT2D eigenvalue weighted by Crippen LogP contribution is 2.35. The number of carbonyl (C=O) groups excluding carboxylic acids is 1. The molecule has 1 aliphatic heterocycles. The molecule has 0 unspecified atom stereocenters. The summed E-state index contributed by atoms with van der Waals surface area (Å²) in [4.78, 5) is 20.1. The van der Waals surface area contributed by atoms with Crippen molar-refractivity contribution in [3.8, 4) is 0 Å². The van der Waals surface area contributed by atoms with E-state index in [4.69, 9.17) is 0 Å². The summed E-state index contributed by atoms with van der Waals surface area (Å²) in [6.45, 7) is 2.18. The Labute approximate surface area is 208 Å². The number of halogens is 1. The number of carbonyl (C=O) groups is 1. The smallest absolute Gasteiger partial charge is 0.240 e. The van der Waals surface area contributed by atoms with E-state index in [2.05, 4.69) is 41.3 Å². The SMILES string of the molecule is CN(Cc1cc2ccccc2s1)C(=O)[C@@H]1C[C@@H](Sc2ccc(F)cc2)CN1Cc1ccccc1. The standard InChI is InChI=1S/C28H27FN2OS2/c1-30(18-24-15-21-9-5-6-10-27(21)34-24)28(32)26-16-25(33-23-13-11-22(29)12-14-23)19-31(26)17-20-7-3-2-4-8-20/h2-15,25-26H,16-19H2,1H3/t25-,26+/m1/s1. The fourth-order valence-electron chi connectivity index (χ4n) is 4.58. The second kappa shape index (κ2) is 10.3. The van der Waals surface area contributed by atoms with E-state index in [0.717, 1.165) is 24.4 Å². The van der Waals surface area contributed by atoms with Gasteiger partial charge in [-0.25, -0.2) is 4.39 Å². The third kappa shape index (κ3) is 5.35. The van der Waals surface area contributed by atoms with Crippen molar-refractivity contribution in [2.75, 3.05) is 13.6 Å². The lowest BCUT2D eigenvalue weighted by atomic mass is 10.1. The van der Waals surface area contributed by atoms with Gasteiger partial charge >= 0.3 is 0 Å². The number of rotatable bonds is 7. The van der Waals surface area contributed by atoms with E-state index in [1.54, 1.807) is 23.1 Å². The van der Waals surface area contributed by atoms with Crippen molar-refractivity contribution < 1.29 is 9.18 Å². The maximum Gasteiger partial charge on any atom is 0.240 e. The van der Waals surface area contributed by atoms with Gasteiger partial charge in [0, 0.05) is 39.9 Å². The van der Waals surface area contributed by atoms with Crippen LogP contribution in [0.3, 0.4) is 0 Å². The zero-order valence-electron chi connectivity index (χ0n) is 19.1. The molecule has 0 radical (unpaired) electrons. The van der Waals surface area contributed by atoms with Crippen molar-refractivity contribution in [3.63, 3.8) is 0 Å². The molecule has 5 rings (SSSR count). The van der Waals surface area contributed by atoms with Gasteiger partial charge < -0.3 is 4.90 Å². The van der Waals surface area contributed by atoms with Gasteiger partial charge in [-0.2, -0.15) is 0 Å². The molecule has 1 amide bonds. The first-order valence-corrected chi connectivity index (χ1v) is 13.2. The molecule has 1 aromatic heterocycles.